The Kier molecular flexibility index (Phi) is 4.82. The van der Waals surface area contributed by atoms with Crippen LogP contribution >= 0.6 is 0 Å². The van der Waals surface area contributed by atoms with E-state index in [2.05, 4.69) is 0 Å². The molecule has 0 unspecified atom stereocenters. The molecule has 0 saturated carbocycles. The van der Waals surface area contributed by atoms with Crippen LogP contribution in [-0.2, 0) is 0 Å². The molecular formula is C16H18FNO2. The van der Waals surface area contributed by atoms with E-state index >= 15 is 0 Å². The first kappa shape index (κ1) is 14.2. The molecule has 2 rings (SSSR count). The maximum absolute atomic E-state index is 13.1. The van der Waals surface area contributed by atoms with Gasteiger partial charge in [-0.3, -0.25) is 0 Å². The van der Waals surface area contributed by atoms with Crippen LogP contribution in [0, 0.1) is 12.7 Å². The van der Waals surface area contributed by atoms with E-state index in [-0.39, 0.29) is 5.82 Å². The van der Waals surface area contributed by atoms with Crippen LogP contribution in [0.15, 0.2) is 42.5 Å². The molecule has 4 heteroatoms. The number of ether oxygens (including phenoxy) is 2. The number of benzene rings is 2. The molecule has 2 N–H and O–H groups in total. The van der Waals surface area contributed by atoms with Crippen LogP contribution in [-0.4, -0.2) is 13.2 Å². The Balaban J connectivity index is 1.73. The summed E-state index contributed by atoms with van der Waals surface area (Å²) in [5.74, 6) is 1.03. The van der Waals surface area contributed by atoms with Gasteiger partial charge >= 0.3 is 0 Å². The average molecular weight is 275 g/mol. The Hall–Kier alpha value is -2.23. The molecule has 0 aliphatic carbocycles. The molecule has 0 saturated heterocycles. The van der Waals surface area contributed by atoms with E-state index in [1.54, 1.807) is 12.1 Å². The predicted molar refractivity (Wildman–Crippen MR) is 77.6 cm³/mol. The van der Waals surface area contributed by atoms with Gasteiger partial charge in [-0.2, -0.15) is 0 Å². The summed E-state index contributed by atoms with van der Waals surface area (Å²) in [4.78, 5) is 0. The van der Waals surface area contributed by atoms with Gasteiger partial charge in [0, 0.05) is 24.2 Å². The Morgan fingerprint density at radius 3 is 2.65 bits per heavy atom. The second kappa shape index (κ2) is 6.80. The normalized spacial score (nSPS) is 10.3. The number of aryl methyl sites for hydroxylation is 1. The van der Waals surface area contributed by atoms with Gasteiger partial charge in [-0.05, 0) is 30.7 Å². The molecule has 2 aromatic carbocycles. The number of halogens is 1. The zero-order chi connectivity index (χ0) is 14.4. The van der Waals surface area contributed by atoms with Crippen molar-refractivity contribution in [2.24, 2.45) is 0 Å². The molecule has 0 aliphatic rings. The van der Waals surface area contributed by atoms with E-state index in [9.17, 15) is 4.39 Å². The van der Waals surface area contributed by atoms with Crippen molar-refractivity contribution in [3.63, 3.8) is 0 Å². The Morgan fingerprint density at radius 1 is 1.05 bits per heavy atom. The molecule has 0 radical (unpaired) electrons. The Morgan fingerprint density at radius 2 is 1.85 bits per heavy atom. The number of nitrogen functional groups attached to an aromatic ring is 1. The fourth-order valence-electron chi connectivity index (χ4n) is 1.76. The van der Waals surface area contributed by atoms with Crippen molar-refractivity contribution in [3.8, 4) is 11.5 Å². The van der Waals surface area contributed by atoms with Crippen molar-refractivity contribution in [1.29, 1.82) is 0 Å². The lowest BCUT2D eigenvalue weighted by Crippen LogP contribution is -2.06. The fraction of sp³-hybridized carbons (Fsp3) is 0.250. The summed E-state index contributed by atoms with van der Waals surface area (Å²) in [7, 11) is 0. The monoisotopic (exact) mass is 275 g/mol. The summed E-state index contributed by atoms with van der Waals surface area (Å²) in [6.45, 7) is 2.89. The molecule has 2 aromatic rings. The van der Waals surface area contributed by atoms with Gasteiger partial charge < -0.3 is 15.2 Å². The maximum atomic E-state index is 13.1. The highest BCUT2D eigenvalue weighted by Crippen LogP contribution is 2.19. The zero-order valence-electron chi connectivity index (χ0n) is 11.4. The molecule has 20 heavy (non-hydrogen) atoms. The van der Waals surface area contributed by atoms with Crippen molar-refractivity contribution < 1.29 is 13.9 Å². The van der Waals surface area contributed by atoms with Gasteiger partial charge in [-0.15, -0.1) is 0 Å². The largest absolute Gasteiger partial charge is 0.493 e. The van der Waals surface area contributed by atoms with Gasteiger partial charge in [-0.25, -0.2) is 4.39 Å². The van der Waals surface area contributed by atoms with E-state index in [0.717, 1.165) is 11.3 Å². The van der Waals surface area contributed by atoms with Gasteiger partial charge in [0.05, 0.1) is 13.2 Å². The molecule has 0 aromatic heterocycles. The topological polar surface area (TPSA) is 44.5 Å². The van der Waals surface area contributed by atoms with Gasteiger partial charge in [0.25, 0.3) is 0 Å². The standard InChI is InChI=1S/C16H18FNO2/c1-12-6-7-13(17)10-16(12)20-9-3-8-19-15-5-2-4-14(18)11-15/h2,4-7,10-11H,3,8-9,18H2,1H3. The first-order valence-electron chi connectivity index (χ1n) is 6.52. The number of nitrogens with two attached hydrogens (primary N) is 1. The van der Waals surface area contributed by atoms with Crippen LogP contribution in [0.1, 0.15) is 12.0 Å². The van der Waals surface area contributed by atoms with Crippen molar-refractivity contribution in [1.82, 2.24) is 0 Å². The second-order valence-corrected chi connectivity index (χ2v) is 4.53. The molecular weight excluding hydrogens is 257 g/mol. The van der Waals surface area contributed by atoms with Crippen molar-refractivity contribution >= 4 is 5.69 Å². The third kappa shape index (κ3) is 4.16. The summed E-state index contributed by atoms with van der Waals surface area (Å²) in [5.41, 5.74) is 7.25. The van der Waals surface area contributed by atoms with Crippen LogP contribution in [0.3, 0.4) is 0 Å². The third-order valence-corrected chi connectivity index (χ3v) is 2.82. The van der Waals surface area contributed by atoms with E-state index in [1.165, 1.54) is 12.1 Å². The number of rotatable bonds is 6. The molecule has 0 bridgehead atoms. The number of hydrogen-bond donors (Lipinski definition) is 1. The molecule has 0 amide bonds. The minimum absolute atomic E-state index is 0.290. The lowest BCUT2D eigenvalue weighted by molar-refractivity contribution is 0.246. The third-order valence-electron chi connectivity index (χ3n) is 2.82. The average Bonchev–Trinajstić information content (AvgIpc) is 2.42. The summed E-state index contributed by atoms with van der Waals surface area (Å²) in [5, 5.41) is 0. The molecule has 0 heterocycles. The number of hydrogen-bond acceptors (Lipinski definition) is 3. The zero-order valence-corrected chi connectivity index (χ0v) is 11.4. The molecule has 0 atom stereocenters. The van der Waals surface area contributed by atoms with Crippen molar-refractivity contribution in [2.45, 2.75) is 13.3 Å². The van der Waals surface area contributed by atoms with Crippen molar-refractivity contribution in [3.05, 3.63) is 53.8 Å². The van der Waals surface area contributed by atoms with E-state index in [0.29, 0.717) is 31.1 Å². The molecule has 0 aliphatic heterocycles. The minimum atomic E-state index is -0.290. The van der Waals surface area contributed by atoms with Crippen LogP contribution < -0.4 is 15.2 Å². The first-order chi connectivity index (χ1) is 9.65. The summed E-state index contributed by atoms with van der Waals surface area (Å²) in [6.07, 6.45) is 0.713. The van der Waals surface area contributed by atoms with Crippen LogP contribution in [0.25, 0.3) is 0 Å². The highest BCUT2D eigenvalue weighted by Gasteiger charge is 2.01. The number of anilines is 1. The lowest BCUT2D eigenvalue weighted by Gasteiger charge is -2.10. The van der Waals surface area contributed by atoms with Gasteiger partial charge in [-0.1, -0.05) is 12.1 Å². The molecule has 106 valence electrons. The predicted octanol–water partition coefficient (Wildman–Crippen LogP) is 3.56. The Labute approximate surface area is 118 Å². The highest BCUT2D eigenvalue weighted by molar-refractivity contribution is 5.43. The summed E-state index contributed by atoms with van der Waals surface area (Å²) < 4.78 is 24.1. The molecule has 0 spiro atoms. The second-order valence-electron chi connectivity index (χ2n) is 4.53. The van der Waals surface area contributed by atoms with E-state index < -0.39 is 0 Å². The first-order valence-corrected chi connectivity index (χ1v) is 6.52. The lowest BCUT2D eigenvalue weighted by atomic mass is 10.2. The van der Waals surface area contributed by atoms with E-state index in [1.807, 2.05) is 25.1 Å². The van der Waals surface area contributed by atoms with Gasteiger partial charge in [0.15, 0.2) is 0 Å². The van der Waals surface area contributed by atoms with Crippen LogP contribution in [0.4, 0.5) is 10.1 Å². The van der Waals surface area contributed by atoms with Gasteiger partial charge in [0.2, 0.25) is 0 Å². The quantitative estimate of drug-likeness (QED) is 0.647. The van der Waals surface area contributed by atoms with E-state index in [4.69, 9.17) is 15.2 Å². The van der Waals surface area contributed by atoms with Crippen LogP contribution in [0.5, 0.6) is 11.5 Å². The smallest absolute Gasteiger partial charge is 0.126 e. The SMILES string of the molecule is Cc1ccc(F)cc1OCCCOc1cccc(N)c1. The van der Waals surface area contributed by atoms with Gasteiger partial charge in [0.1, 0.15) is 17.3 Å². The Bertz CT molecular complexity index is 572. The molecule has 0 fully saturated rings. The van der Waals surface area contributed by atoms with Crippen LogP contribution in [0.2, 0.25) is 0 Å². The maximum Gasteiger partial charge on any atom is 0.126 e. The summed E-state index contributed by atoms with van der Waals surface area (Å²) in [6, 6.07) is 11.8. The minimum Gasteiger partial charge on any atom is -0.493 e. The van der Waals surface area contributed by atoms with Crippen molar-refractivity contribution in [2.75, 3.05) is 18.9 Å². The molecule has 3 nitrogen and oxygen atoms in total. The summed E-state index contributed by atoms with van der Waals surface area (Å²) >= 11 is 0. The fourth-order valence-corrected chi connectivity index (χ4v) is 1.76. The highest BCUT2D eigenvalue weighted by atomic mass is 19.1.